The molecule has 122 valence electrons. The molecule has 0 unspecified atom stereocenters. The van der Waals surface area contributed by atoms with Crippen molar-refractivity contribution in [3.8, 4) is 0 Å². The average molecular weight is 309 g/mol. The van der Waals surface area contributed by atoms with Gasteiger partial charge in [0.25, 0.3) is 5.56 Å². The Bertz CT molecular complexity index is 807. The highest BCUT2D eigenvalue weighted by Gasteiger charge is 2.23. The van der Waals surface area contributed by atoms with Crippen molar-refractivity contribution in [1.82, 2.24) is 18.7 Å². The Balaban J connectivity index is 2.91. The molecule has 0 saturated carbocycles. The number of fused-ring (bicyclic) bond motifs is 1. The molecule has 0 amide bonds. The van der Waals surface area contributed by atoms with Crippen LogP contribution in [0.5, 0.6) is 0 Å². The van der Waals surface area contributed by atoms with Crippen molar-refractivity contribution in [2.75, 3.05) is 7.11 Å². The van der Waals surface area contributed by atoms with Gasteiger partial charge in [-0.2, -0.15) is 0 Å². The summed E-state index contributed by atoms with van der Waals surface area (Å²) in [7, 11) is 3.17. The number of rotatable bonds is 5. The average Bonchev–Trinajstić information content (AvgIpc) is 2.75. The lowest BCUT2D eigenvalue weighted by molar-refractivity contribution is 0.173. The fourth-order valence-electron chi connectivity index (χ4n) is 2.51. The smallest absolute Gasteiger partial charge is 0.332 e. The molecule has 8 heteroatoms. The van der Waals surface area contributed by atoms with Crippen LogP contribution >= 0.6 is 0 Å². The number of nitrogens with zero attached hydrogens (tertiary/aromatic N) is 4. The van der Waals surface area contributed by atoms with Crippen molar-refractivity contribution in [2.24, 2.45) is 12.8 Å². The molecule has 2 aromatic rings. The molecule has 0 saturated heterocycles. The van der Waals surface area contributed by atoms with Gasteiger partial charge in [-0.15, -0.1) is 0 Å². The van der Waals surface area contributed by atoms with Crippen LogP contribution in [0, 0.1) is 0 Å². The van der Waals surface area contributed by atoms with Gasteiger partial charge in [0.1, 0.15) is 12.4 Å². The number of imidazole rings is 1. The van der Waals surface area contributed by atoms with Gasteiger partial charge in [-0.1, -0.05) is 0 Å². The van der Waals surface area contributed by atoms with Crippen molar-refractivity contribution >= 4 is 11.2 Å². The van der Waals surface area contributed by atoms with E-state index in [2.05, 4.69) is 4.98 Å². The van der Waals surface area contributed by atoms with Gasteiger partial charge in [0, 0.05) is 32.8 Å². The lowest BCUT2D eigenvalue weighted by Gasteiger charge is -2.21. The number of hydrogen-bond donors (Lipinski definition) is 1. The summed E-state index contributed by atoms with van der Waals surface area (Å²) in [4.78, 5) is 29.3. The normalized spacial score (nSPS) is 12.3. The van der Waals surface area contributed by atoms with E-state index >= 15 is 0 Å². The third-order valence-electron chi connectivity index (χ3n) is 3.47. The molecule has 0 radical (unpaired) electrons. The van der Waals surface area contributed by atoms with E-state index in [1.54, 1.807) is 25.6 Å². The largest absolute Gasteiger partial charge is 0.377 e. The zero-order chi connectivity index (χ0) is 16.7. The molecule has 0 fully saturated rings. The minimum absolute atomic E-state index is 0.241. The van der Waals surface area contributed by atoms with Crippen LogP contribution in [-0.2, 0) is 31.5 Å². The maximum atomic E-state index is 12.7. The maximum Gasteiger partial charge on any atom is 0.332 e. The molecule has 2 heterocycles. The summed E-state index contributed by atoms with van der Waals surface area (Å²) in [6.07, 6.45) is 0. The zero-order valence-electron chi connectivity index (χ0n) is 13.7. The summed E-state index contributed by atoms with van der Waals surface area (Å²) in [6.45, 7) is 6.45. The first kappa shape index (κ1) is 16.4. The SMILES string of the molecule is CCn1c(=O)c2c(nc(COC)n2CC(C)(C)N)n(C)c1=O. The molecule has 0 aliphatic rings. The molecule has 8 nitrogen and oxygen atoms in total. The minimum Gasteiger partial charge on any atom is -0.377 e. The van der Waals surface area contributed by atoms with Gasteiger partial charge in [-0.3, -0.25) is 13.9 Å². The van der Waals surface area contributed by atoms with Gasteiger partial charge in [0.2, 0.25) is 0 Å². The molecule has 0 atom stereocenters. The Morgan fingerprint density at radius 1 is 1.27 bits per heavy atom. The second kappa shape index (κ2) is 5.69. The molecule has 0 aromatic carbocycles. The predicted octanol–water partition coefficient (Wildman–Crippen LogP) is -0.200. The second-order valence-electron chi connectivity index (χ2n) is 6.10. The predicted molar refractivity (Wildman–Crippen MR) is 83.9 cm³/mol. The lowest BCUT2D eigenvalue weighted by atomic mass is 10.1. The quantitative estimate of drug-likeness (QED) is 0.825. The number of methoxy groups -OCH3 is 1. The second-order valence-corrected chi connectivity index (χ2v) is 6.10. The molecular weight excluding hydrogens is 286 g/mol. The molecule has 2 N–H and O–H groups in total. The van der Waals surface area contributed by atoms with Crippen molar-refractivity contribution in [3.63, 3.8) is 0 Å². The van der Waals surface area contributed by atoms with E-state index in [4.69, 9.17) is 10.5 Å². The topological polar surface area (TPSA) is 97.1 Å². The molecule has 0 bridgehead atoms. The third-order valence-corrected chi connectivity index (χ3v) is 3.47. The minimum atomic E-state index is -0.533. The highest BCUT2D eigenvalue weighted by atomic mass is 16.5. The number of aryl methyl sites for hydroxylation is 1. The van der Waals surface area contributed by atoms with Gasteiger partial charge in [0.05, 0.1) is 0 Å². The highest BCUT2D eigenvalue weighted by Crippen LogP contribution is 2.15. The lowest BCUT2D eigenvalue weighted by Crippen LogP contribution is -2.41. The molecule has 0 spiro atoms. The zero-order valence-corrected chi connectivity index (χ0v) is 13.7. The van der Waals surface area contributed by atoms with Gasteiger partial charge >= 0.3 is 5.69 Å². The van der Waals surface area contributed by atoms with Gasteiger partial charge < -0.3 is 15.0 Å². The van der Waals surface area contributed by atoms with E-state index in [0.717, 1.165) is 0 Å². The summed E-state index contributed by atoms with van der Waals surface area (Å²) in [5.74, 6) is 0.581. The van der Waals surface area contributed by atoms with Crippen LogP contribution in [0.25, 0.3) is 11.2 Å². The van der Waals surface area contributed by atoms with Crippen LogP contribution in [0.4, 0.5) is 0 Å². The van der Waals surface area contributed by atoms with Gasteiger partial charge in [0.15, 0.2) is 11.2 Å². The Hall–Kier alpha value is -1.93. The van der Waals surface area contributed by atoms with E-state index in [0.29, 0.717) is 30.1 Å². The van der Waals surface area contributed by atoms with Gasteiger partial charge in [-0.05, 0) is 20.8 Å². The van der Waals surface area contributed by atoms with Crippen molar-refractivity contribution in [3.05, 3.63) is 26.7 Å². The van der Waals surface area contributed by atoms with E-state index in [1.807, 2.05) is 13.8 Å². The molecule has 2 rings (SSSR count). The summed E-state index contributed by atoms with van der Waals surface area (Å²) >= 11 is 0. The number of ether oxygens (including phenoxy) is 1. The van der Waals surface area contributed by atoms with E-state index in [1.165, 1.54) is 9.13 Å². The Morgan fingerprint density at radius 3 is 2.41 bits per heavy atom. The Morgan fingerprint density at radius 2 is 1.91 bits per heavy atom. The van der Waals surface area contributed by atoms with Crippen LogP contribution < -0.4 is 17.0 Å². The van der Waals surface area contributed by atoms with Crippen molar-refractivity contribution in [1.29, 1.82) is 0 Å². The number of hydrogen-bond acceptors (Lipinski definition) is 5. The highest BCUT2D eigenvalue weighted by molar-refractivity contribution is 5.71. The Labute approximate surface area is 128 Å². The fraction of sp³-hybridized carbons (Fsp3) is 0.643. The molecule has 0 aliphatic heterocycles. The van der Waals surface area contributed by atoms with Crippen LogP contribution in [0.1, 0.15) is 26.6 Å². The first-order valence-corrected chi connectivity index (χ1v) is 7.18. The molecule has 0 aliphatic carbocycles. The monoisotopic (exact) mass is 309 g/mol. The summed E-state index contributed by atoms with van der Waals surface area (Å²) in [5.41, 5.74) is 5.59. The van der Waals surface area contributed by atoms with Crippen molar-refractivity contribution in [2.45, 2.75) is 46.0 Å². The molecule has 2 aromatic heterocycles. The fourth-order valence-corrected chi connectivity index (χ4v) is 2.51. The molecular formula is C14H23N5O3. The summed E-state index contributed by atoms with van der Waals surface area (Å²) in [5, 5.41) is 0. The maximum absolute atomic E-state index is 12.7. The summed E-state index contributed by atoms with van der Waals surface area (Å²) < 4.78 is 9.50. The first-order chi connectivity index (χ1) is 10.2. The standard InChI is InChI=1S/C14H23N5O3/c1-6-18-12(20)10-11(17(4)13(18)21)16-9(7-22-5)19(10)8-14(2,3)15/h6-8,15H2,1-5H3. The Kier molecular flexibility index (Phi) is 4.25. The first-order valence-electron chi connectivity index (χ1n) is 7.18. The van der Waals surface area contributed by atoms with E-state index in [-0.39, 0.29) is 17.9 Å². The van der Waals surface area contributed by atoms with E-state index in [9.17, 15) is 9.59 Å². The van der Waals surface area contributed by atoms with E-state index < -0.39 is 5.54 Å². The van der Waals surface area contributed by atoms with Crippen LogP contribution in [0.2, 0.25) is 0 Å². The number of nitrogens with two attached hydrogens (primary N) is 1. The summed E-state index contributed by atoms with van der Waals surface area (Å²) in [6, 6.07) is 0. The van der Waals surface area contributed by atoms with Crippen LogP contribution in [-0.4, -0.2) is 31.3 Å². The number of aromatic nitrogens is 4. The van der Waals surface area contributed by atoms with Crippen molar-refractivity contribution < 1.29 is 4.74 Å². The third kappa shape index (κ3) is 2.71. The van der Waals surface area contributed by atoms with Crippen LogP contribution in [0.15, 0.2) is 9.59 Å². The van der Waals surface area contributed by atoms with Crippen LogP contribution in [0.3, 0.4) is 0 Å². The molecule has 22 heavy (non-hydrogen) atoms. The van der Waals surface area contributed by atoms with Gasteiger partial charge in [-0.25, -0.2) is 9.78 Å².